The predicted molar refractivity (Wildman–Crippen MR) is 96.6 cm³/mol. The second-order valence-corrected chi connectivity index (χ2v) is 6.26. The summed E-state index contributed by atoms with van der Waals surface area (Å²) in [6.45, 7) is 10.4. The molecule has 0 aliphatic rings. The van der Waals surface area contributed by atoms with Crippen molar-refractivity contribution in [3.63, 3.8) is 0 Å². The van der Waals surface area contributed by atoms with Gasteiger partial charge in [0.05, 0.1) is 0 Å². The summed E-state index contributed by atoms with van der Waals surface area (Å²) in [6.07, 6.45) is 5.85. The molecule has 3 amide bonds. The third kappa shape index (κ3) is 11.9. The highest BCUT2D eigenvalue weighted by Crippen LogP contribution is 2.03. The first kappa shape index (κ1) is 22.4. The third-order valence-corrected chi connectivity index (χ3v) is 4.01. The standard InChI is InChI=1S/C18H35N3O3/c1-5-6-8-12-20(17(3)23)14-10-15-21(18(4)24)13-9-7-11-19-16(2)22/h5-15H2,1-4H3,(H,19,22). The van der Waals surface area contributed by atoms with Gasteiger partial charge in [0, 0.05) is 53.5 Å². The van der Waals surface area contributed by atoms with Crippen LogP contribution in [-0.2, 0) is 14.4 Å². The molecular formula is C18H35N3O3. The number of hydrogen-bond donors (Lipinski definition) is 1. The average molecular weight is 341 g/mol. The number of carbonyl (C=O) groups excluding carboxylic acids is 3. The largest absolute Gasteiger partial charge is 0.356 e. The summed E-state index contributed by atoms with van der Waals surface area (Å²) in [5, 5.41) is 2.76. The van der Waals surface area contributed by atoms with E-state index in [0.29, 0.717) is 26.2 Å². The van der Waals surface area contributed by atoms with Crippen molar-refractivity contribution in [1.29, 1.82) is 0 Å². The summed E-state index contributed by atoms with van der Waals surface area (Å²) in [7, 11) is 0. The number of nitrogens with zero attached hydrogens (tertiary/aromatic N) is 2. The first-order valence-electron chi connectivity index (χ1n) is 9.14. The third-order valence-electron chi connectivity index (χ3n) is 4.01. The summed E-state index contributed by atoms with van der Waals surface area (Å²) >= 11 is 0. The lowest BCUT2D eigenvalue weighted by Gasteiger charge is -2.25. The van der Waals surface area contributed by atoms with Gasteiger partial charge in [-0.3, -0.25) is 14.4 Å². The van der Waals surface area contributed by atoms with Gasteiger partial charge in [-0.25, -0.2) is 0 Å². The first-order chi connectivity index (χ1) is 11.4. The van der Waals surface area contributed by atoms with Crippen LogP contribution in [0.1, 0.15) is 66.2 Å². The van der Waals surface area contributed by atoms with Crippen LogP contribution in [0.15, 0.2) is 0 Å². The van der Waals surface area contributed by atoms with Gasteiger partial charge >= 0.3 is 0 Å². The van der Waals surface area contributed by atoms with Gasteiger partial charge in [-0.1, -0.05) is 19.8 Å². The van der Waals surface area contributed by atoms with Crippen LogP contribution in [0.4, 0.5) is 0 Å². The fourth-order valence-electron chi connectivity index (χ4n) is 2.55. The van der Waals surface area contributed by atoms with Crippen LogP contribution < -0.4 is 5.32 Å². The van der Waals surface area contributed by atoms with E-state index in [2.05, 4.69) is 12.2 Å². The molecule has 0 radical (unpaired) electrons. The molecule has 1 N–H and O–H groups in total. The molecule has 0 atom stereocenters. The highest BCUT2D eigenvalue weighted by Gasteiger charge is 2.11. The van der Waals surface area contributed by atoms with Gasteiger partial charge < -0.3 is 15.1 Å². The molecule has 24 heavy (non-hydrogen) atoms. The van der Waals surface area contributed by atoms with Crippen molar-refractivity contribution in [2.75, 3.05) is 32.7 Å². The fraction of sp³-hybridized carbons (Fsp3) is 0.833. The number of rotatable bonds is 13. The molecule has 0 unspecified atom stereocenters. The summed E-state index contributed by atoms with van der Waals surface area (Å²) in [6, 6.07) is 0. The van der Waals surface area contributed by atoms with E-state index in [1.54, 1.807) is 13.8 Å². The minimum atomic E-state index is -0.0224. The van der Waals surface area contributed by atoms with Crippen LogP contribution in [0.2, 0.25) is 0 Å². The lowest BCUT2D eigenvalue weighted by Crippen LogP contribution is -2.36. The number of hydrogen-bond acceptors (Lipinski definition) is 3. The van der Waals surface area contributed by atoms with Crippen molar-refractivity contribution in [2.24, 2.45) is 0 Å². The van der Waals surface area contributed by atoms with Crippen LogP contribution in [0.5, 0.6) is 0 Å². The van der Waals surface area contributed by atoms with Gasteiger partial charge in [-0.2, -0.15) is 0 Å². The molecule has 0 aromatic carbocycles. The Labute approximate surface area is 146 Å². The molecule has 0 rings (SSSR count). The molecule has 0 aromatic rings. The molecule has 0 saturated carbocycles. The highest BCUT2D eigenvalue weighted by molar-refractivity contribution is 5.74. The van der Waals surface area contributed by atoms with E-state index < -0.39 is 0 Å². The number of nitrogens with one attached hydrogen (secondary N) is 1. The lowest BCUT2D eigenvalue weighted by molar-refractivity contribution is -0.129. The summed E-state index contributed by atoms with van der Waals surface area (Å²) < 4.78 is 0. The van der Waals surface area contributed by atoms with Crippen molar-refractivity contribution in [1.82, 2.24) is 15.1 Å². The van der Waals surface area contributed by atoms with Crippen molar-refractivity contribution in [3.8, 4) is 0 Å². The zero-order valence-electron chi connectivity index (χ0n) is 15.9. The maximum absolute atomic E-state index is 11.7. The molecule has 0 aliphatic carbocycles. The van der Waals surface area contributed by atoms with Crippen LogP contribution in [0, 0.1) is 0 Å². The topological polar surface area (TPSA) is 69.7 Å². The number of unbranched alkanes of at least 4 members (excludes halogenated alkanes) is 3. The van der Waals surface area contributed by atoms with Crippen molar-refractivity contribution >= 4 is 17.7 Å². The molecular weight excluding hydrogens is 306 g/mol. The van der Waals surface area contributed by atoms with Gasteiger partial charge in [0.1, 0.15) is 0 Å². The van der Waals surface area contributed by atoms with E-state index in [1.807, 2.05) is 9.80 Å². The normalized spacial score (nSPS) is 10.3. The van der Waals surface area contributed by atoms with E-state index >= 15 is 0 Å². The van der Waals surface area contributed by atoms with Gasteiger partial charge in [0.2, 0.25) is 17.7 Å². The van der Waals surface area contributed by atoms with E-state index in [0.717, 1.165) is 45.1 Å². The highest BCUT2D eigenvalue weighted by atomic mass is 16.2. The van der Waals surface area contributed by atoms with Crippen LogP contribution >= 0.6 is 0 Å². The van der Waals surface area contributed by atoms with E-state index in [1.165, 1.54) is 6.92 Å². The summed E-state index contributed by atoms with van der Waals surface area (Å²) in [4.78, 5) is 37.9. The van der Waals surface area contributed by atoms with Crippen LogP contribution in [-0.4, -0.2) is 60.2 Å². The predicted octanol–water partition coefficient (Wildman–Crippen LogP) is 2.18. The molecule has 0 fully saturated rings. The van der Waals surface area contributed by atoms with E-state index in [9.17, 15) is 14.4 Å². The fourth-order valence-corrected chi connectivity index (χ4v) is 2.55. The van der Waals surface area contributed by atoms with Gasteiger partial charge in [-0.05, 0) is 25.7 Å². The van der Waals surface area contributed by atoms with E-state index in [-0.39, 0.29) is 17.7 Å². The molecule has 0 spiro atoms. The zero-order valence-corrected chi connectivity index (χ0v) is 15.9. The Morgan fingerprint density at radius 2 is 1.17 bits per heavy atom. The Hall–Kier alpha value is -1.59. The Bertz CT molecular complexity index is 386. The second kappa shape index (κ2) is 13.8. The smallest absolute Gasteiger partial charge is 0.219 e. The molecule has 0 heterocycles. The van der Waals surface area contributed by atoms with Gasteiger partial charge in [0.25, 0.3) is 0 Å². The molecule has 0 aliphatic heterocycles. The molecule has 0 saturated heterocycles. The zero-order chi connectivity index (χ0) is 18.4. The number of amides is 3. The van der Waals surface area contributed by atoms with Crippen molar-refractivity contribution in [3.05, 3.63) is 0 Å². The molecule has 140 valence electrons. The molecule has 0 bridgehead atoms. The molecule has 0 aromatic heterocycles. The maximum atomic E-state index is 11.7. The summed E-state index contributed by atoms with van der Waals surface area (Å²) in [5.74, 6) is 0.150. The number of carbonyl (C=O) groups is 3. The Kier molecular flexibility index (Phi) is 12.9. The SMILES string of the molecule is CCCCCN(CCCN(CCCCNC(C)=O)C(C)=O)C(C)=O. The van der Waals surface area contributed by atoms with E-state index in [4.69, 9.17) is 0 Å². The first-order valence-corrected chi connectivity index (χ1v) is 9.14. The average Bonchev–Trinajstić information content (AvgIpc) is 2.50. The lowest BCUT2D eigenvalue weighted by atomic mass is 10.2. The van der Waals surface area contributed by atoms with Crippen LogP contribution in [0.25, 0.3) is 0 Å². The molecule has 6 heteroatoms. The van der Waals surface area contributed by atoms with Crippen LogP contribution in [0.3, 0.4) is 0 Å². The van der Waals surface area contributed by atoms with Gasteiger partial charge in [0.15, 0.2) is 0 Å². The Morgan fingerprint density at radius 1 is 0.708 bits per heavy atom. The Morgan fingerprint density at radius 3 is 1.58 bits per heavy atom. The Balaban J connectivity index is 4.06. The minimum Gasteiger partial charge on any atom is -0.356 e. The monoisotopic (exact) mass is 341 g/mol. The maximum Gasteiger partial charge on any atom is 0.219 e. The quantitative estimate of drug-likeness (QED) is 0.522. The summed E-state index contributed by atoms with van der Waals surface area (Å²) in [5.41, 5.74) is 0. The molecule has 6 nitrogen and oxygen atoms in total. The second-order valence-electron chi connectivity index (χ2n) is 6.26. The van der Waals surface area contributed by atoms with Gasteiger partial charge in [-0.15, -0.1) is 0 Å². The van der Waals surface area contributed by atoms with Crippen molar-refractivity contribution < 1.29 is 14.4 Å². The van der Waals surface area contributed by atoms with Crippen molar-refractivity contribution in [2.45, 2.75) is 66.2 Å². The minimum absolute atomic E-state index is 0.0224.